The zero-order valence-corrected chi connectivity index (χ0v) is 19.6. The minimum absolute atomic E-state index is 0.0788. The zero-order valence-electron chi connectivity index (χ0n) is 17.2. The third-order valence-electron chi connectivity index (χ3n) is 4.33. The molecule has 3 rings (SSSR count). The van der Waals surface area contributed by atoms with Crippen molar-refractivity contribution in [1.29, 1.82) is 0 Å². The molecule has 1 saturated heterocycles. The molecule has 0 atom stereocenters. The minimum Gasteiger partial charge on any atom is -0.493 e. The van der Waals surface area contributed by atoms with Gasteiger partial charge in [0, 0.05) is 0 Å². The second-order valence-electron chi connectivity index (χ2n) is 6.52. The summed E-state index contributed by atoms with van der Waals surface area (Å²) < 4.78 is 15.6. The summed E-state index contributed by atoms with van der Waals surface area (Å²) in [5, 5.41) is 0.352. The summed E-state index contributed by atoms with van der Waals surface area (Å²) in [6.07, 6.45) is 1.58. The van der Waals surface area contributed by atoms with Crippen LogP contribution in [-0.2, 0) is 20.9 Å². The Morgan fingerprint density at radius 3 is 2.56 bits per heavy atom. The molecule has 1 fully saturated rings. The SMILES string of the molecule is CCOC(=O)COc1cc(/C=C2\SC(=O)N(Cc3ccc(Cl)c(Cl)c3)C2=O)ccc1OC. The summed E-state index contributed by atoms with van der Waals surface area (Å²) in [6.45, 7) is 1.74. The van der Waals surface area contributed by atoms with Gasteiger partial charge in [-0.1, -0.05) is 35.3 Å². The zero-order chi connectivity index (χ0) is 23.3. The summed E-state index contributed by atoms with van der Waals surface area (Å²) in [6, 6.07) is 9.91. The monoisotopic (exact) mass is 495 g/mol. The van der Waals surface area contributed by atoms with Crippen LogP contribution in [0, 0.1) is 0 Å². The van der Waals surface area contributed by atoms with Crippen LogP contribution in [0.4, 0.5) is 4.79 Å². The molecule has 10 heteroatoms. The lowest BCUT2D eigenvalue weighted by Crippen LogP contribution is -2.27. The van der Waals surface area contributed by atoms with Crippen molar-refractivity contribution in [2.75, 3.05) is 20.3 Å². The van der Waals surface area contributed by atoms with E-state index in [1.165, 1.54) is 7.11 Å². The summed E-state index contributed by atoms with van der Waals surface area (Å²) in [5.41, 5.74) is 1.28. The molecule has 2 aromatic carbocycles. The number of methoxy groups -OCH3 is 1. The third-order valence-corrected chi connectivity index (χ3v) is 5.98. The topological polar surface area (TPSA) is 82.1 Å². The number of imide groups is 1. The number of ether oxygens (including phenoxy) is 3. The second kappa shape index (κ2) is 10.8. The molecule has 0 bridgehead atoms. The van der Waals surface area contributed by atoms with Crippen molar-refractivity contribution >= 4 is 58.2 Å². The normalized spacial score (nSPS) is 14.8. The van der Waals surface area contributed by atoms with Gasteiger partial charge in [-0.05, 0) is 60.2 Å². The Kier molecular flexibility index (Phi) is 8.06. The largest absolute Gasteiger partial charge is 0.493 e. The van der Waals surface area contributed by atoms with Gasteiger partial charge in [0.2, 0.25) is 0 Å². The molecule has 1 heterocycles. The minimum atomic E-state index is -0.511. The number of benzene rings is 2. The van der Waals surface area contributed by atoms with Crippen molar-refractivity contribution < 1.29 is 28.6 Å². The van der Waals surface area contributed by atoms with Crippen molar-refractivity contribution in [2.45, 2.75) is 13.5 Å². The fraction of sp³-hybridized carbons (Fsp3) is 0.227. The number of amides is 2. The molecular weight excluding hydrogens is 477 g/mol. The fourth-order valence-corrected chi connectivity index (χ4v) is 4.00. The molecular formula is C22H19Cl2NO6S. The average Bonchev–Trinajstić information content (AvgIpc) is 3.02. The van der Waals surface area contributed by atoms with Gasteiger partial charge in [0.15, 0.2) is 18.1 Å². The van der Waals surface area contributed by atoms with Gasteiger partial charge >= 0.3 is 5.97 Å². The molecule has 0 saturated carbocycles. The van der Waals surface area contributed by atoms with E-state index in [1.54, 1.807) is 49.4 Å². The number of carbonyl (C=O) groups is 3. The maximum atomic E-state index is 12.8. The van der Waals surface area contributed by atoms with Crippen LogP contribution < -0.4 is 9.47 Å². The Hall–Kier alpha value is -2.68. The molecule has 2 aromatic rings. The van der Waals surface area contributed by atoms with Gasteiger partial charge < -0.3 is 14.2 Å². The first-order valence-corrected chi connectivity index (χ1v) is 11.1. The van der Waals surface area contributed by atoms with Gasteiger partial charge in [0.1, 0.15) is 0 Å². The summed E-state index contributed by atoms with van der Waals surface area (Å²) in [7, 11) is 1.47. The molecule has 0 radical (unpaired) electrons. The van der Waals surface area contributed by atoms with E-state index in [4.69, 9.17) is 37.4 Å². The van der Waals surface area contributed by atoms with E-state index >= 15 is 0 Å². The molecule has 0 spiro atoms. The van der Waals surface area contributed by atoms with E-state index in [2.05, 4.69) is 0 Å². The van der Waals surface area contributed by atoms with Gasteiger partial charge in [-0.3, -0.25) is 14.5 Å². The second-order valence-corrected chi connectivity index (χ2v) is 8.33. The highest BCUT2D eigenvalue weighted by molar-refractivity contribution is 8.18. The molecule has 0 aromatic heterocycles. The lowest BCUT2D eigenvalue weighted by atomic mass is 10.1. The lowest BCUT2D eigenvalue weighted by molar-refractivity contribution is -0.145. The van der Waals surface area contributed by atoms with Crippen LogP contribution >= 0.6 is 35.0 Å². The van der Waals surface area contributed by atoms with E-state index in [1.807, 2.05) is 0 Å². The Balaban J connectivity index is 1.78. The Bertz CT molecular complexity index is 1090. The number of hydrogen-bond donors (Lipinski definition) is 0. The molecule has 1 aliphatic rings. The van der Waals surface area contributed by atoms with Crippen molar-refractivity contribution in [1.82, 2.24) is 4.90 Å². The number of esters is 1. The maximum Gasteiger partial charge on any atom is 0.344 e. The molecule has 0 unspecified atom stereocenters. The first-order chi connectivity index (χ1) is 15.3. The molecule has 0 N–H and O–H groups in total. The van der Waals surface area contributed by atoms with E-state index < -0.39 is 11.9 Å². The summed E-state index contributed by atoms with van der Waals surface area (Å²) in [4.78, 5) is 38.2. The number of carbonyl (C=O) groups excluding carboxylic acids is 3. The average molecular weight is 496 g/mol. The van der Waals surface area contributed by atoms with Crippen molar-refractivity contribution in [3.63, 3.8) is 0 Å². The number of halogens is 2. The lowest BCUT2D eigenvalue weighted by Gasteiger charge is -2.13. The number of thioether (sulfide) groups is 1. The maximum absolute atomic E-state index is 12.8. The van der Waals surface area contributed by atoms with Gasteiger partial charge in [-0.25, -0.2) is 4.79 Å². The Labute approximate surface area is 199 Å². The van der Waals surface area contributed by atoms with Crippen molar-refractivity contribution in [3.8, 4) is 11.5 Å². The van der Waals surface area contributed by atoms with Crippen LogP contribution in [0.5, 0.6) is 11.5 Å². The van der Waals surface area contributed by atoms with E-state index in [0.717, 1.165) is 16.7 Å². The predicted octanol–water partition coefficient (Wildman–Crippen LogP) is 5.18. The molecule has 2 amide bonds. The highest BCUT2D eigenvalue weighted by atomic mass is 35.5. The molecule has 168 valence electrons. The quantitative estimate of drug-likeness (QED) is 0.368. The smallest absolute Gasteiger partial charge is 0.344 e. The first kappa shape index (κ1) is 24.0. The summed E-state index contributed by atoms with van der Waals surface area (Å²) in [5.74, 6) is -0.206. The highest BCUT2D eigenvalue weighted by Crippen LogP contribution is 2.35. The van der Waals surface area contributed by atoms with Gasteiger partial charge in [-0.15, -0.1) is 0 Å². The first-order valence-electron chi connectivity index (χ1n) is 9.48. The van der Waals surface area contributed by atoms with Crippen LogP contribution in [0.15, 0.2) is 41.3 Å². The number of rotatable bonds is 8. The summed E-state index contributed by atoms with van der Waals surface area (Å²) >= 11 is 12.8. The van der Waals surface area contributed by atoms with E-state index in [9.17, 15) is 14.4 Å². The predicted molar refractivity (Wildman–Crippen MR) is 123 cm³/mol. The van der Waals surface area contributed by atoms with Crippen LogP contribution in [-0.4, -0.2) is 42.3 Å². The number of nitrogens with zero attached hydrogens (tertiary/aromatic N) is 1. The van der Waals surface area contributed by atoms with Crippen LogP contribution in [0.3, 0.4) is 0 Å². The van der Waals surface area contributed by atoms with Gasteiger partial charge in [0.25, 0.3) is 11.1 Å². The van der Waals surface area contributed by atoms with Gasteiger partial charge in [0.05, 0.1) is 35.2 Å². The van der Waals surface area contributed by atoms with Crippen LogP contribution in [0.1, 0.15) is 18.1 Å². The number of hydrogen-bond acceptors (Lipinski definition) is 7. The Morgan fingerprint density at radius 2 is 1.88 bits per heavy atom. The van der Waals surface area contributed by atoms with Crippen LogP contribution in [0.25, 0.3) is 6.08 Å². The van der Waals surface area contributed by atoms with Crippen molar-refractivity contribution in [2.24, 2.45) is 0 Å². The highest BCUT2D eigenvalue weighted by Gasteiger charge is 2.35. The van der Waals surface area contributed by atoms with E-state index in [0.29, 0.717) is 32.7 Å². The Morgan fingerprint density at radius 1 is 1.09 bits per heavy atom. The molecule has 1 aliphatic heterocycles. The fourth-order valence-electron chi connectivity index (χ4n) is 2.84. The third kappa shape index (κ3) is 5.76. The molecule has 7 nitrogen and oxygen atoms in total. The van der Waals surface area contributed by atoms with Crippen LogP contribution in [0.2, 0.25) is 10.0 Å². The standard InChI is InChI=1S/C22H19Cl2NO6S/c1-3-30-20(26)12-31-18-9-13(5-7-17(18)29-2)10-19-21(27)25(22(28)32-19)11-14-4-6-15(23)16(24)8-14/h4-10H,3,11-12H2,1-2H3/b19-10-. The van der Waals surface area contributed by atoms with E-state index in [-0.39, 0.29) is 29.9 Å². The molecule has 0 aliphatic carbocycles. The molecule has 32 heavy (non-hydrogen) atoms. The van der Waals surface area contributed by atoms with Gasteiger partial charge in [-0.2, -0.15) is 0 Å². The van der Waals surface area contributed by atoms with Crippen molar-refractivity contribution in [3.05, 3.63) is 62.5 Å².